The van der Waals surface area contributed by atoms with E-state index in [0.29, 0.717) is 5.58 Å². The van der Waals surface area contributed by atoms with E-state index in [-0.39, 0.29) is 5.76 Å². The summed E-state index contributed by atoms with van der Waals surface area (Å²) in [6.45, 7) is 4.18. The van der Waals surface area contributed by atoms with Gasteiger partial charge >= 0.3 is 0 Å². The van der Waals surface area contributed by atoms with Crippen molar-refractivity contribution < 1.29 is 13.9 Å². The van der Waals surface area contributed by atoms with E-state index in [4.69, 9.17) is 14.9 Å². The molecule has 3 aliphatic rings. The van der Waals surface area contributed by atoms with E-state index < -0.39 is 5.91 Å². The minimum absolute atomic E-state index is 0.155. The lowest BCUT2D eigenvalue weighted by molar-refractivity contribution is 0.0976. The highest BCUT2D eigenvalue weighted by Gasteiger charge is 2.24. The van der Waals surface area contributed by atoms with Gasteiger partial charge in [-0.2, -0.15) is 0 Å². The number of nitrogens with two attached hydrogens (primary N) is 1. The van der Waals surface area contributed by atoms with Crippen molar-refractivity contribution in [3.8, 4) is 16.9 Å². The largest absolute Gasteiger partial charge is 0.496 e. The number of para-hydroxylation sites is 2. The molecule has 0 saturated carbocycles. The van der Waals surface area contributed by atoms with E-state index in [2.05, 4.69) is 4.90 Å². The second-order valence-corrected chi connectivity index (χ2v) is 7.47. The fraction of sp³-hybridized carbons (Fsp3) is 0.348. The van der Waals surface area contributed by atoms with Gasteiger partial charge in [0, 0.05) is 16.5 Å². The summed E-state index contributed by atoms with van der Waals surface area (Å²) in [5.41, 5.74) is 7.67. The maximum absolute atomic E-state index is 11.2. The van der Waals surface area contributed by atoms with Crippen molar-refractivity contribution in [3.05, 3.63) is 54.3 Å². The average Bonchev–Trinajstić information content (AvgIpc) is 3.20. The zero-order valence-corrected chi connectivity index (χ0v) is 16.2. The number of piperidine rings is 3. The fourth-order valence-corrected chi connectivity index (χ4v) is 4.13. The van der Waals surface area contributed by atoms with Crippen molar-refractivity contribution in [2.24, 2.45) is 11.7 Å². The second kappa shape index (κ2) is 8.07. The standard InChI is InChI=1S/C16H13NO3.C7H13N/c1-19-13-8-3-2-6-11(13)12-7-4-5-10-9-14(16(17)18)20-15(10)12;1-4-8-5-2-7(1)3-6-8/h2-9H,1H3,(H2,17,18);7H,1-6H2. The Kier molecular flexibility index (Phi) is 5.35. The Labute approximate surface area is 165 Å². The van der Waals surface area contributed by atoms with E-state index in [9.17, 15) is 4.79 Å². The Morgan fingerprint density at radius 3 is 2.29 bits per heavy atom. The predicted octanol–water partition coefficient (Wildman–Crippen LogP) is 4.31. The molecule has 3 aliphatic heterocycles. The predicted molar refractivity (Wildman–Crippen MR) is 111 cm³/mol. The number of carbonyl (C=O) groups excluding carboxylic acids is 1. The fourth-order valence-electron chi connectivity index (χ4n) is 4.13. The lowest BCUT2D eigenvalue weighted by atomic mass is 9.89. The zero-order valence-electron chi connectivity index (χ0n) is 16.2. The van der Waals surface area contributed by atoms with E-state index >= 15 is 0 Å². The van der Waals surface area contributed by atoms with Crippen molar-refractivity contribution in [2.45, 2.75) is 19.3 Å². The van der Waals surface area contributed by atoms with Gasteiger partial charge in [-0.3, -0.25) is 4.79 Å². The van der Waals surface area contributed by atoms with Crippen LogP contribution in [0, 0.1) is 5.92 Å². The first kappa shape index (κ1) is 18.6. The van der Waals surface area contributed by atoms with E-state index in [1.54, 1.807) is 13.2 Å². The van der Waals surface area contributed by atoms with E-state index in [1.807, 2.05) is 42.5 Å². The molecule has 0 atom stereocenters. The van der Waals surface area contributed by atoms with Crippen molar-refractivity contribution in [1.82, 2.24) is 4.90 Å². The van der Waals surface area contributed by atoms with Crippen LogP contribution in [-0.4, -0.2) is 37.6 Å². The Bertz CT molecular complexity index is 948. The molecular weight excluding hydrogens is 352 g/mol. The molecule has 1 amide bonds. The lowest BCUT2D eigenvalue weighted by Gasteiger charge is -2.38. The Hall–Kier alpha value is -2.79. The van der Waals surface area contributed by atoms with Gasteiger partial charge in [-0.1, -0.05) is 36.4 Å². The van der Waals surface area contributed by atoms with Gasteiger partial charge in [0.05, 0.1) is 7.11 Å². The number of primary amides is 1. The molecule has 0 spiro atoms. The van der Waals surface area contributed by atoms with Crippen LogP contribution in [0.15, 0.2) is 52.9 Å². The molecule has 3 fully saturated rings. The van der Waals surface area contributed by atoms with Crippen LogP contribution in [0.5, 0.6) is 5.75 Å². The number of hydrogen-bond donors (Lipinski definition) is 1. The highest BCUT2D eigenvalue weighted by Crippen LogP contribution is 2.36. The number of carbonyl (C=O) groups is 1. The normalized spacial score (nSPS) is 20.5. The van der Waals surface area contributed by atoms with Crippen LogP contribution in [0.1, 0.15) is 29.8 Å². The van der Waals surface area contributed by atoms with Gasteiger partial charge in [-0.05, 0) is 56.9 Å². The Morgan fingerprint density at radius 1 is 1.04 bits per heavy atom. The van der Waals surface area contributed by atoms with Crippen molar-refractivity contribution >= 4 is 16.9 Å². The number of rotatable bonds is 3. The molecule has 5 nitrogen and oxygen atoms in total. The summed E-state index contributed by atoms with van der Waals surface area (Å²) in [6, 6.07) is 15.0. The van der Waals surface area contributed by atoms with E-state index in [1.165, 1.54) is 38.9 Å². The number of amides is 1. The quantitative estimate of drug-likeness (QED) is 0.737. The van der Waals surface area contributed by atoms with Crippen LogP contribution in [-0.2, 0) is 0 Å². The maximum Gasteiger partial charge on any atom is 0.284 e. The van der Waals surface area contributed by atoms with E-state index in [0.717, 1.165) is 28.2 Å². The number of hydrogen-bond acceptors (Lipinski definition) is 4. The number of ether oxygens (including phenoxy) is 1. The SMILES string of the molecule is C1CN2CCC1CC2.COc1ccccc1-c1cccc2cc(C(N)=O)oc12. The Balaban J connectivity index is 0.000000198. The summed E-state index contributed by atoms with van der Waals surface area (Å²) >= 11 is 0. The van der Waals surface area contributed by atoms with Crippen molar-refractivity contribution in [3.63, 3.8) is 0 Å². The number of furan rings is 1. The van der Waals surface area contributed by atoms with Gasteiger partial charge < -0.3 is 19.8 Å². The number of benzene rings is 2. The average molecular weight is 378 g/mol. The first-order chi connectivity index (χ1) is 13.7. The van der Waals surface area contributed by atoms with Gasteiger partial charge in [-0.15, -0.1) is 0 Å². The summed E-state index contributed by atoms with van der Waals surface area (Å²) in [5, 5.41) is 0.835. The summed E-state index contributed by atoms with van der Waals surface area (Å²) in [5.74, 6) is 1.44. The lowest BCUT2D eigenvalue weighted by Crippen LogP contribution is -2.41. The van der Waals surface area contributed by atoms with Crippen LogP contribution in [0.2, 0.25) is 0 Å². The molecule has 0 radical (unpaired) electrons. The molecule has 4 heterocycles. The molecule has 1 aromatic heterocycles. The van der Waals surface area contributed by atoms with Crippen LogP contribution < -0.4 is 10.5 Å². The van der Waals surface area contributed by atoms with Crippen LogP contribution in [0.4, 0.5) is 0 Å². The number of methoxy groups -OCH3 is 1. The molecule has 2 N–H and O–H groups in total. The monoisotopic (exact) mass is 378 g/mol. The molecule has 146 valence electrons. The molecule has 28 heavy (non-hydrogen) atoms. The molecule has 2 aromatic carbocycles. The summed E-state index contributed by atoms with van der Waals surface area (Å²) in [6.07, 6.45) is 4.46. The van der Waals surface area contributed by atoms with Gasteiger partial charge in [0.15, 0.2) is 5.76 Å². The molecule has 6 rings (SSSR count). The second-order valence-electron chi connectivity index (χ2n) is 7.47. The summed E-state index contributed by atoms with van der Waals surface area (Å²) in [7, 11) is 1.62. The van der Waals surface area contributed by atoms with Gasteiger partial charge in [0.2, 0.25) is 0 Å². The van der Waals surface area contributed by atoms with Gasteiger partial charge in [0.1, 0.15) is 11.3 Å². The summed E-state index contributed by atoms with van der Waals surface area (Å²) in [4.78, 5) is 13.8. The van der Waals surface area contributed by atoms with Crippen molar-refractivity contribution in [2.75, 3.05) is 26.7 Å². The number of nitrogens with zero attached hydrogens (tertiary/aromatic N) is 1. The molecule has 0 unspecified atom stereocenters. The highest BCUT2D eigenvalue weighted by molar-refractivity contribution is 6.00. The third kappa shape index (κ3) is 3.76. The summed E-state index contributed by atoms with van der Waals surface area (Å²) < 4.78 is 11.0. The zero-order chi connectivity index (χ0) is 19.5. The van der Waals surface area contributed by atoms with Crippen LogP contribution in [0.3, 0.4) is 0 Å². The minimum atomic E-state index is -0.577. The first-order valence-electron chi connectivity index (χ1n) is 9.84. The molecule has 0 aliphatic carbocycles. The van der Waals surface area contributed by atoms with Gasteiger partial charge in [0.25, 0.3) is 5.91 Å². The molecule has 3 aromatic rings. The van der Waals surface area contributed by atoms with Crippen LogP contribution >= 0.6 is 0 Å². The topological polar surface area (TPSA) is 68.7 Å². The highest BCUT2D eigenvalue weighted by atomic mass is 16.5. The number of fused-ring (bicyclic) bond motifs is 4. The molecule has 2 bridgehead atoms. The molecule has 3 saturated heterocycles. The van der Waals surface area contributed by atoms with Crippen LogP contribution in [0.25, 0.3) is 22.1 Å². The first-order valence-corrected chi connectivity index (χ1v) is 9.84. The third-order valence-corrected chi connectivity index (χ3v) is 5.74. The minimum Gasteiger partial charge on any atom is -0.496 e. The van der Waals surface area contributed by atoms with Gasteiger partial charge in [-0.25, -0.2) is 0 Å². The maximum atomic E-state index is 11.2. The van der Waals surface area contributed by atoms with Crippen molar-refractivity contribution in [1.29, 1.82) is 0 Å². The smallest absolute Gasteiger partial charge is 0.284 e. The Morgan fingerprint density at radius 2 is 1.71 bits per heavy atom. The molecule has 5 heteroatoms. The third-order valence-electron chi connectivity index (χ3n) is 5.74. The molecular formula is C23H26N2O3.